The van der Waals surface area contributed by atoms with Crippen LogP contribution < -0.4 is 10.5 Å². The van der Waals surface area contributed by atoms with E-state index in [1.54, 1.807) is 24.3 Å². The van der Waals surface area contributed by atoms with Crippen molar-refractivity contribution in [1.29, 1.82) is 0 Å². The molecule has 0 fully saturated rings. The van der Waals surface area contributed by atoms with E-state index in [4.69, 9.17) is 0 Å². The topological polar surface area (TPSA) is 73.4 Å². The quantitative estimate of drug-likeness (QED) is 0.828. The third-order valence-corrected chi connectivity index (χ3v) is 2.85. The molecule has 19 heavy (non-hydrogen) atoms. The number of fused-ring (bicyclic) bond motifs is 1. The van der Waals surface area contributed by atoms with Crippen LogP contribution in [-0.2, 0) is 0 Å². The minimum absolute atomic E-state index is 0.206. The second-order valence-corrected chi connectivity index (χ2v) is 5.35. The van der Waals surface area contributed by atoms with Crippen molar-refractivity contribution in [3.63, 3.8) is 0 Å². The summed E-state index contributed by atoms with van der Waals surface area (Å²) < 4.78 is 0. The van der Waals surface area contributed by atoms with Gasteiger partial charge >= 0.3 is 6.09 Å². The number of aromatic amines is 1. The van der Waals surface area contributed by atoms with Gasteiger partial charge < -0.3 is 10.1 Å². The van der Waals surface area contributed by atoms with Crippen molar-refractivity contribution < 1.29 is 9.90 Å². The molecule has 2 aromatic rings. The van der Waals surface area contributed by atoms with Gasteiger partial charge in [0.1, 0.15) is 0 Å². The van der Waals surface area contributed by atoms with Crippen molar-refractivity contribution >= 4 is 22.7 Å². The molecule has 1 aromatic heterocycles. The molecule has 0 spiro atoms. The number of carbonyl (C=O) groups is 1. The van der Waals surface area contributed by atoms with Crippen molar-refractivity contribution in [3.8, 4) is 0 Å². The predicted molar refractivity (Wildman–Crippen MR) is 74.8 cm³/mol. The van der Waals surface area contributed by atoms with Crippen LogP contribution in [0.2, 0.25) is 0 Å². The summed E-state index contributed by atoms with van der Waals surface area (Å²) in [6, 6.07) is 8.26. The van der Waals surface area contributed by atoms with Gasteiger partial charge in [0, 0.05) is 17.0 Å². The minimum atomic E-state index is -1.02. The molecule has 0 saturated carbocycles. The number of nitrogens with one attached hydrogen (secondary N) is 1. The molecule has 0 saturated heterocycles. The highest BCUT2D eigenvalue weighted by Gasteiger charge is 2.28. The van der Waals surface area contributed by atoms with Gasteiger partial charge in [0.25, 0.3) is 0 Å². The van der Waals surface area contributed by atoms with Gasteiger partial charge in [-0.1, -0.05) is 6.07 Å². The molecule has 0 bridgehead atoms. The lowest BCUT2D eigenvalue weighted by molar-refractivity contribution is 0.196. The minimum Gasteiger partial charge on any atom is -0.465 e. The van der Waals surface area contributed by atoms with Crippen LogP contribution in [0.1, 0.15) is 20.8 Å². The summed E-state index contributed by atoms with van der Waals surface area (Å²) in [4.78, 5) is 26.8. The molecule has 100 valence electrons. The standard InChI is InChI=1S/C14H16N2O3/c1-14(2,3)16(13(18)19)11-6-4-5-10-9(11)7-8-12(17)15-10/h4-8H,1-3H3,(H,15,17)(H,18,19). The third kappa shape index (κ3) is 2.45. The largest absolute Gasteiger partial charge is 0.465 e. The Morgan fingerprint density at radius 3 is 2.47 bits per heavy atom. The number of pyridine rings is 1. The molecule has 0 aliphatic heterocycles. The van der Waals surface area contributed by atoms with Gasteiger partial charge in [-0.05, 0) is 39.0 Å². The number of benzene rings is 1. The maximum Gasteiger partial charge on any atom is 0.412 e. The summed E-state index contributed by atoms with van der Waals surface area (Å²) in [5.74, 6) is 0. The van der Waals surface area contributed by atoms with E-state index in [1.807, 2.05) is 20.8 Å². The Bertz CT molecular complexity index is 683. The fraction of sp³-hybridized carbons (Fsp3) is 0.286. The molecule has 0 unspecified atom stereocenters. The second-order valence-electron chi connectivity index (χ2n) is 5.35. The molecule has 0 atom stereocenters. The molecule has 5 nitrogen and oxygen atoms in total. The molecule has 0 radical (unpaired) electrons. The van der Waals surface area contributed by atoms with Crippen LogP contribution in [0.3, 0.4) is 0 Å². The van der Waals surface area contributed by atoms with Gasteiger partial charge in [0.05, 0.1) is 11.2 Å². The fourth-order valence-electron chi connectivity index (χ4n) is 2.12. The first-order chi connectivity index (χ1) is 8.80. The first-order valence-corrected chi connectivity index (χ1v) is 5.96. The van der Waals surface area contributed by atoms with E-state index < -0.39 is 11.6 Å². The molecular formula is C14H16N2O3. The van der Waals surface area contributed by atoms with Crippen LogP contribution in [0.15, 0.2) is 35.1 Å². The van der Waals surface area contributed by atoms with E-state index in [2.05, 4.69) is 4.98 Å². The van der Waals surface area contributed by atoms with Crippen LogP contribution in [0.4, 0.5) is 10.5 Å². The van der Waals surface area contributed by atoms with E-state index in [1.165, 1.54) is 11.0 Å². The zero-order valence-electron chi connectivity index (χ0n) is 11.1. The zero-order valence-corrected chi connectivity index (χ0v) is 11.1. The summed E-state index contributed by atoms with van der Waals surface area (Å²) in [7, 11) is 0. The molecule has 2 N–H and O–H groups in total. The Morgan fingerprint density at radius 2 is 1.89 bits per heavy atom. The Balaban J connectivity index is 2.74. The van der Waals surface area contributed by atoms with Gasteiger partial charge in [-0.2, -0.15) is 0 Å². The molecule has 0 aliphatic rings. The van der Waals surface area contributed by atoms with Gasteiger partial charge in [-0.25, -0.2) is 4.79 Å². The van der Waals surface area contributed by atoms with Crippen LogP contribution in [0.25, 0.3) is 10.9 Å². The normalized spacial score (nSPS) is 11.5. The summed E-state index contributed by atoms with van der Waals surface area (Å²) >= 11 is 0. The first kappa shape index (κ1) is 13.1. The molecular weight excluding hydrogens is 244 g/mol. The maximum atomic E-state index is 11.5. The number of hydrogen-bond acceptors (Lipinski definition) is 2. The molecule has 0 aliphatic carbocycles. The highest BCUT2D eigenvalue weighted by atomic mass is 16.4. The maximum absolute atomic E-state index is 11.5. The molecule has 2 rings (SSSR count). The number of carboxylic acid groups (broad SMARTS) is 1. The highest BCUT2D eigenvalue weighted by Crippen LogP contribution is 2.30. The van der Waals surface area contributed by atoms with Crippen LogP contribution in [0, 0.1) is 0 Å². The number of amides is 1. The van der Waals surface area contributed by atoms with E-state index >= 15 is 0 Å². The smallest absolute Gasteiger partial charge is 0.412 e. The van der Waals surface area contributed by atoms with Gasteiger partial charge in [-0.15, -0.1) is 0 Å². The molecule has 1 aromatic carbocycles. The summed E-state index contributed by atoms with van der Waals surface area (Å²) in [6.07, 6.45) is -1.02. The average molecular weight is 260 g/mol. The van der Waals surface area contributed by atoms with E-state index in [0.29, 0.717) is 16.6 Å². The van der Waals surface area contributed by atoms with Crippen molar-refractivity contribution in [2.45, 2.75) is 26.3 Å². The SMILES string of the molecule is CC(C)(C)N(C(=O)O)c1cccc2[nH]c(=O)ccc12. The van der Waals surface area contributed by atoms with Crippen LogP contribution >= 0.6 is 0 Å². The Hall–Kier alpha value is -2.30. The lowest BCUT2D eigenvalue weighted by atomic mass is 10.0. The zero-order chi connectivity index (χ0) is 14.2. The average Bonchev–Trinajstić information content (AvgIpc) is 2.26. The van der Waals surface area contributed by atoms with Crippen molar-refractivity contribution in [1.82, 2.24) is 4.98 Å². The van der Waals surface area contributed by atoms with E-state index in [9.17, 15) is 14.7 Å². The van der Waals surface area contributed by atoms with E-state index in [0.717, 1.165) is 0 Å². The van der Waals surface area contributed by atoms with Gasteiger partial charge in [0.2, 0.25) is 5.56 Å². The Labute approximate surface area is 110 Å². The lowest BCUT2D eigenvalue weighted by Gasteiger charge is -2.33. The number of anilines is 1. The van der Waals surface area contributed by atoms with Crippen molar-refractivity contribution in [2.75, 3.05) is 4.90 Å². The summed E-state index contributed by atoms with van der Waals surface area (Å²) in [5, 5.41) is 10.1. The highest BCUT2D eigenvalue weighted by molar-refractivity contribution is 6.00. The third-order valence-electron chi connectivity index (χ3n) is 2.85. The molecule has 5 heteroatoms. The summed E-state index contributed by atoms with van der Waals surface area (Å²) in [5.41, 5.74) is 0.410. The number of nitrogens with zero attached hydrogens (tertiary/aromatic N) is 1. The number of H-pyrrole nitrogens is 1. The van der Waals surface area contributed by atoms with Gasteiger partial charge in [-0.3, -0.25) is 9.69 Å². The van der Waals surface area contributed by atoms with E-state index in [-0.39, 0.29) is 5.56 Å². The monoisotopic (exact) mass is 260 g/mol. The molecule has 1 heterocycles. The number of rotatable bonds is 1. The number of aromatic nitrogens is 1. The second kappa shape index (κ2) is 4.42. The van der Waals surface area contributed by atoms with Crippen molar-refractivity contribution in [2.24, 2.45) is 0 Å². The lowest BCUT2D eigenvalue weighted by Crippen LogP contribution is -2.45. The fourth-order valence-corrected chi connectivity index (χ4v) is 2.12. The predicted octanol–water partition coefficient (Wildman–Crippen LogP) is 2.81. The Kier molecular flexibility index (Phi) is 3.06. The molecule has 1 amide bonds. The van der Waals surface area contributed by atoms with Crippen LogP contribution in [0.5, 0.6) is 0 Å². The van der Waals surface area contributed by atoms with Crippen LogP contribution in [-0.4, -0.2) is 21.7 Å². The Morgan fingerprint density at radius 1 is 1.21 bits per heavy atom. The van der Waals surface area contributed by atoms with Crippen molar-refractivity contribution in [3.05, 3.63) is 40.7 Å². The summed E-state index contributed by atoms with van der Waals surface area (Å²) in [6.45, 7) is 5.48. The number of hydrogen-bond donors (Lipinski definition) is 2. The van der Waals surface area contributed by atoms with Gasteiger partial charge in [0.15, 0.2) is 0 Å². The first-order valence-electron chi connectivity index (χ1n) is 5.96.